The molecule has 3 aromatic rings. The Labute approximate surface area is 190 Å². The summed E-state index contributed by atoms with van der Waals surface area (Å²) in [4.78, 5) is 29.7. The SMILES string of the molecule is COC(=O)c1nc2n(n1)C(c1ccc(Cl)cc1)C(C(=O)Nc1ccc(C)cc1C)=C(C)N2. The maximum atomic E-state index is 13.5. The van der Waals surface area contributed by atoms with E-state index in [1.54, 1.807) is 19.1 Å². The number of carbonyl (C=O) groups is 2. The fraction of sp³-hybridized carbons (Fsp3) is 0.217. The summed E-state index contributed by atoms with van der Waals surface area (Å²) < 4.78 is 6.27. The number of nitrogens with one attached hydrogen (secondary N) is 2. The highest BCUT2D eigenvalue weighted by molar-refractivity contribution is 6.30. The van der Waals surface area contributed by atoms with E-state index in [0.717, 1.165) is 22.4 Å². The summed E-state index contributed by atoms with van der Waals surface area (Å²) >= 11 is 6.08. The molecule has 2 aromatic carbocycles. The van der Waals surface area contributed by atoms with Crippen molar-refractivity contribution < 1.29 is 14.3 Å². The second kappa shape index (κ2) is 8.47. The molecule has 0 saturated heterocycles. The number of fused-ring (bicyclic) bond motifs is 1. The Hall–Kier alpha value is -3.65. The number of anilines is 2. The number of esters is 1. The zero-order valence-electron chi connectivity index (χ0n) is 18.1. The van der Waals surface area contributed by atoms with E-state index < -0.39 is 12.0 Å². The fourth-order valence-corrected chi connectivity index (χ4v) is 3.85. The van der Waals surface area contributed by atoms with Crippen LogP contribution in [0.15, 0.2) is 53.7 Å². The van der Waals surface area contributed by atoms with Gasteiger partial charge in [-0.2, -0.15) is 4.98 Å². The Balaban J connectivity index is 1.80. The van der Waals surface area contributed by atoms with Crippen LogP contribution in [0.3, 0.4) is 0 Å². The van der Waals surface area contributed by atoms with Gasteiger partial charge in [-0.15, -0.1) is 5.10 Å². The Morgan fingerprint density at radius 2 is 1.84 bits per heavy atom. The molecule has 1 atom stereocenters. The van der Waals surface area contributed by atoms with Crippen LogP contribution in [0.1, 0.15) is 40.3 Å². The minimum absolute atomic E-state index is 0.0993. The van der Waals surface area contributed by atoms with Crippen molar-refractivity contribution in [1.82, 2.24) is 14.8 Å². The lowest BCUT2D eigenvalue weighted by Crippen LogP contribution is -2.31. The molecule has 0 bridgehead atoms. The van der Waals surface area contributed by atoms with Gasteiger partial charge in [0, 0.05) is 16.4 Å². The molecule has 0 radical (unpaired) electrons. The van der Waals surface area contributed by atoms with Gasteiger partial charge in [0.05, 0.1) is 12.7 Å². The van der Waals surface area contributed by atoms with Gasteiger partial charge in [0.25, 0.3) is 11.7 Å². The van der Waals surface area contributed by atoms with Crippen molar-refractivity contribution in [2.24, 2.45) is 0 Å². The summed E-state index contributed by atoms with van der Waals surface area (Å²) in [5, 5.41) is 11.0. The summed E-state index contributed by atoms with van der Waals surface area (Å²) in [6.07, 6.45) is 0. The zero-order valence-corrected chi connectivity index (χ0v) is 18.8. The van der Waals surface area contributed by atoms with Gasteiger partial charge in [-0.1, -0.05) is 41.4 Å². The van der Waals surface area contributed by atoms with Crippen LogP contribution in [0.4, 0.5) is 11.6 Å². The van der Waals surface area contributed by atoms with Gasteiger partial charge in [0.2, 0.25) is 5.95 Å². The van der Waals surface area contributed by atoms with E-state index in [1.165, 1.54) is 11.8 Å². The Kier molecular flexibility index (Phi) is 5.71. The number of allylic oxidation sites excluding steroid dienone is 1. The van der Waals surface area contributed by atoms with E-state index in [9.17, 15) is 9.59 Å². The predicted octanol–water partition coefficient (Wildman–Crippen LogP) is 4.26. The summed E-state index contributed by atoms with van der Waals surface area (Å²) in [6.45, 7) is 5.73. The molecule has 0 aliphatic carbocycles. The normalized spacial score (nSPS) is 15.1. The third-order valence-electron chi connectivity index (χ3n) is 5.28. The topological polar surface area (TPSA) is 98.1 Å². The van der Waals surface area contributed by atoms with Crippen molar-refractivity contribution in [3.05, 3.63) is 81.3 Å². The van der Waals surface area contributed by atoms with E-state index in [0.29, 0.717) is 22.2 Å². The molecular formula is C23H22ClN5O3. The largest absolute Gasteiger partial charge is 0.463 e. The first kappa shape index (κ1) is 21.6. The molecule has 0 saturated carbocycles. The van der Waals surface area contributed by atoms with E-state index in [2.05, 4.69) is 20.7 Å². The van der Waals surface area contributed by atoms with E-state index >= 15 is 0 Å². The van der Waals surface area contributed by atoms with Gasteiger partial charge in [-0.25, -0.2) is 9.48 Å². The lowest BCUT2D eigenvalue weighted by Gasteiger charge is -2.29. The molecule has 1 amide bonds. The standard InChI is InChI=1S/C23H22ClN5O3/c1-12-5-10-17(13(2)11-12)26-21(30)18-14(3)25-23-27-20(22(31)32-4)28-29(23)19(18)15-6-8-16(24)9-7-15/h5-11,19H,1-4H3,(H,26,30)(H,25,27,28). The number of carbonyl (C=O) groups excluding carboxylic acids is 2. The quantitative estimate of drug-likeness (QED) is 0.575. The van der Waals surface area contributed by atoms with Gasteiger partial charge in [0.15, 0.2) is 0 Å². The minimum Gasteiger partial charge on any atom is -0.463 e. The third-order valence-corrected chi connectivity index (χ3v) is 5.53. The lowest BCUT2D eigenvalue weighted by molar-refractivity contribution is -0.113. The van der Waals surface area contributed by atoms with Crippen LogP contribution < -0.4 is 10.6 Å². The number of aryl methyl sites for hydroxylation is 2. The van der Waals surface area contributed by atoms with E-state index in [-0.39, 0.29) is 11.7 Å². The van der Waals surface area contributed by atoms with Crippen molar-refractivity contribution >= 4 is 35.1 Å². The minimum atomic E-state index is -0.664. The molecule has 0 fully saturated rings. The molecule has 2 heterocycles. The molecule has 0 spiro atoms. The first-order valence-electron chi connectivity index (χ1n) is 9.95. The maximum Gasteiger partial charge on any atom is 0.378 e. The van der Waals surface area contributed by atoms with Crippen molar-refractivity contribution in [3.63, 3.8) is 0 Å². The number of methoxy groups -OCH3 is 1. The lowest BCUT2D eigenvalue weighted by atomic mass is 9.95. The van der Waals surface area contributed by atoms with Crippen LogP contribution in [0.5, 0.6) is 0 Å². The molecule has 164 valence electrons. The average Bonchev–Trinajstić information content (AvgIpc) is 3.18. The van der Waals surface area contributed by atoms with E-state index in [1.807, 2.05) is 44.2 Å². The molecule has 1 aliphatic rings. The van der Waals surface area contributed by atoms with Gasteiger partial charge >= 0.3 is 5.97 Å². The Morgan fingerprint density at radius 1 is 1.12 bits per heavy atom. The van der Waals surface area contributed by atoms with Crippen LogP contribution in [0.25, 0.3) is 0 Å². The zero-order chi connectivity index (χ0) is 23.0. The monoisotopic (exact) mass is 451 g/mol. The average molecular weight is 452 g/mol. The third kappa shape index (κ3) is 3.97. The van der Waals surface area contributed by atoms with Gasteiger partial charge in [0.1, 0.15) is 6.04 Å². The van der Waals surface area contributed by atoms with Gasteiger partial charge in [-0.3, -0.25) is 4.79 Å². The van der Waals surface area contributed by atoms with Gasteiger partial charge in [-0.05, 0) is 50.1 Å². The molecule has 8 nitrogen and oxygen atoms in total. The second-order valence-electron chi connectivity index (χ2n) is 7.59. The number of rotatable bonds is 4. The smallest absolute Gasteiger partial charge is 0.378 e. The molecule has 9 heteroatoms. The maximum absolute atomic E-state index is 13.5. The van der Waals surface area contributed by atoms with Gasteiger partial charge < -0.3 is 15.4 Å². The highest BCUT2D eigenvalue weighted by Crippen LogP contribution is 2.36. The Bertz CT molecular complexity index is 1250. The highest BCUT2D eigenvalue weighted by Gasteiger charge is 2.35. The number of benzene rings is 2. The molecule has 32 heavy (non-hydrogen) atoms. The summed E-state index contributed by atoms with van der Waals surface area (Å²) in [6, 6.07) is 12.3. The summed E-state index contributed by atoms with van der Waals surface area (Å²) in [7, 11) is 1.26. The van der Waals surface area contributed by atoms with Crippen LogP contribution in [0, 0.1) is 13.8 Å². The number of aromatic nitrogens is 3. The van der Waals surface area contributed by atoms with Crippen LogP contribution in [-0.4, -0.2) is 33.8 Å². The van der Waals surface area contributed by atoms with Crippen molar-refractivity contribution in [2.75, 3.05) is 17.7 Å². The number of ether oxygens (including phenoxy) is 1. The van der Waals surface area contributed by atoms with Crippen LogP contribution >= 0.6 is 11.6 Å². The second-order valence-corrected chi connectivity index (χ2v) is 8.02. The Morgan fingerprint density at radius 3 is 2.50 bits per heavy atom. The number of nitrogens with zero attached hydrogens (tertiary/aromatic N) is 3. The number of amides is 1. The first-order valence-corrected chi connectivity index (χ1v) is 10.3. The molecule has 1 aliphatic heterocycles. The highest BCUT2D eigenvalue weighted by atomic mass is 35.5. The first-order chi connectivity index (χ1) is 15.3. The number of halogens is 1. The number of hydrogen-bond acceptors (Lipinski definition) is 6. The summed E-state index contributed by atoms with van der Waals surface area (Å²) in [5.41, 5.74) is 4.60. The molecule has 1 aromatic heterocycles. The van der Waals surface area contributed by atoms with Crippen molar-refractivity contribution in [1.29, 1.82) is 0 Å². The van der Waals surface area contributed by atoms with Crippen molar-refractivity contribution in [3.8, 4) is 0 Å². The molecular weight excluding hydrogens is 430 g/mol. The predicted molar refractivity (Wildman–Crippen MR) is 122 cm³/mol. The molecule has 4 rings (SSSR count). The molecule has 1 unspecified atom stereocenters. The van der Waals surface area contributed by atoms with E-state index in [4.69, 9.17) is 16.3 Å². The fourth-order valence-electron chi connectivity index (χ4n) is 3.72. The van der Waals surface area contributed by atoms with Crippen molar-refractivity contribution in [2.45, 2.75) is 26.8 Å². The summed E-state index contributed by atoms with van der Waals surface area (Å²) in [5.74, 6) is -0.714. The molecule has 2 N–H and O–H groups in total. The number of hydrogen-bond donors (Lipinski definition) is 2. The van der Waals surface area contributed by atoms with Crippen LogP contribution in [0.2, 0.25) is 5.02 Å². The van der Waals surface area contributed by atoms with Crippen LogP contribution in [-0.2, 0) is 9.53 Å².